The summed E-state index contributed by atoms with van der Waals surface area (Å²) in [6.07, 6.45) is 0. The van der Waals surface area contributed by atoms with Gasteiger partial charge in [0, 0.05) is 18.1 Å². The van der Waals surface area contributed by atoms with Gasteiger partial charge in [0.05, 0.1) is 17.3 Å². The Balaban J connectivity index is 2.33. The summed E-state index contributed by atoms with van der Waals surface area (Å²) in [4.78, 5) is 13.5. The molecule has 0 unspecified atom stereocenters. The van der Waals surface area contributed by atoms with E-state index in [2.05, 4.69) is 10.6 Å². The number of nitrogens with one attached hydrogen (secondary N) is 2. The van der Waals surface area contributed by atoms with Crippen molar-refractivity contribution in [2.24, 2.45) is 0 Å². The van der Waals surface area contributed by atoms with E-state index in [9.17, 15) is 4.79 Å². The molecule has 0 aromatic heterocycles. The van der Waals surface area contributed by atoms with Gasteiger partial charge in [-0.25, -0.2) is 0 Å². The molecule has 2 N–H and O–H groups in total. The van der Waals surface area contributed by atoms with Crippen LogP contribution in [0.3, 0.4) is 0 Å². The SMILES string of the molecule is CN(C)CCNC(=O)CNc1ccc(Cl)cc1Cl. The Morgan fingerprint density at radius 1 is 1.33 bits per heavy atom. The maximum absolute atomic E-state index is 11.5. The third-order valence-electron chi connectivity index (χ3n) is 2.25. The molecule has 1 rings (SSSR count). The zero-order valence-electron chi connectivity index (χ0n) is 10.5. The quantitative estimate of drug-likeness (QED) is 0.843. The number of carbonyl (C=O) groups excluding carboxylic acids is 1. The second-order valence-electron chi connectivity index (χ2n) is 4.13. The summed E-state index contributed by atoms with van der Waals surface area (Å²) in [5.41, 5.74) is 0.698. The second-order valence-corrected chi connectivity index (χ2v) is 4.97. The molecule has 0 radical (unpaired) electrons. The fraction of sp³-hybridized carbons (Fsp3) is 0.417. The molecule has 1 amide bonds. The first-order chi connectivity index (χ1) is 8.49. The molecule has 0 aliphatic carbocycles. The standard InChI is InChI=1S/C12H17Cl2N3O/c1-17(2)6-5-15-12(18)8-16-11-4-3-9(13)7-10(11)14/h3-4,7,16H,5-6,8H2,1-2H3,(H,15,18). The normalized spacial score (nSPS) is 10.5. The molecule has 6 heteroatoms. The fourth-order valence-electron chi connectivity index (χ4n) is 1.29. The van der Waals surface area contributed by atoms with E-state index >= 15 is 0 Å². The summed E-state index contributed by atoms with van der Waals surface area (Å²) in [6.45, 7) is 1.63. The molecule has 0 fully saturated rings. The van der Waals surface area contributed by atoms with Gasteiger partial charge in [-0.15, -0.1) is 0 Å². The predicted octanol–water partition coefficient (Wildman–Crippen LogP) is 2.08. The smallest absolute Gasteiger partial charge is 0.239 e. The summed E-state index contributed by atoms with van der Waals surface area (Å²) in [6, 6.07) is 5.10. The maximum Gasteiger partial charge on any atom is 0.239 e. The van der Waals surface area contributed by atoms with Crippen LogP contribution in [-0.4, -0.2) is 44.5 Å². The van der Waals surface area contributed by atoms with Crippen LogP contribution in [-0.2, 0) is 4.79 Å². The zero-order chi connectivity index (χ0) is 13.5. The van der Waals surface area contributed by atoms with Crippen LogP contribution < -0.4 is 10.6 Å². The zero-order valence-corrected chi connectivity index (χ0v) is 12.0. The molecule has 0 heterocycles. The number of nitrogens with zero attached hydrogens (tertiary/aromatic N) is 1. The van der Waals surface area contributed by atoms with Crippen molar-refractivity contribution in [3.05, 3.63) is 28.2 Å². The van der Waals surface area contributed by atoms with Gasteiger partial charge in [0.15, 0.2) is 0 Å². The Bertz CT molecular complexity index is 410. The first-order valence-corrected chi connectivity index (χ1v) is 6.35. The highest BCUT2D eigenvalue weighted by Gasteiger charge is 2.04. The van der Waals surface area contributed by atoms with Crippen molar-refractivity contribution < 1.29 is 4.79 Å². The van der Waals surface area contributed by atoms with Crippen molar-refractivity contribution in [2.75, 3.05) is 39.0 Å². The van der Waals surface area contributed by atoms with E-state index in [1.807, 2.05) is 19.0 Å². The van der Waals surface area contributed by atoms with Crippen LogP contribution in [0, 0.1) is 0 Å². The number of anilines is 1. The number of rotatable bonds is 6. The van der Waals surface area contributed by atoms with Gasteiger partial charge in [0.1, 0.15) is 0 Å². The topological polar surface area (TPSA) is 44.4 Å². The third-order valence-corrected chi connectivity index (χ3v) is 2.80. The second kappa shape index (κ2) is 7.46. The van der Waals surface area contributed by atoms with Gasteiger partial charge >= 0.3 is 0 Å². The fourth-order valence-corrected chi connectivity index (χ4v) is 1.77. The van der Waals surface area contributed by atoms with Gasteiger partial charge in [-0.05, 0) is 32.3 Å². The molecule has 1 aromatic rings. The van der Waals surface area contributed by atoms with Crippen molar-refractivity contribution >= 4 is 34.8 Å². The lowest BCUT2D eigenvalue weighted by molar-refractivity contribution is -0.119. The van der Waals surface area contributed by atoms with E-state index in [1.54, 1.807) is 18.2 Å². The van der Waals surface area contributed by atoms with E-state index in [1.165, 1.54) is 0 Å². The lowest BCUT2D eigenvalue weighted by Crippen LogP contribution is -2.35. The first-order valence-electron chi connectivity index (χ1n) is 5.59. The van der Waals surface area contributed by atoms with Crippen molar-refractivity contribution in [1.29, 1.82) is 0 Å². The lowest BCUT2D eigenvalue weighted by atomic mass is 10.3. The highest BCUT2D eigenvalue weighted by Crippen LogP contribution is 2.24. The Morgan fingerprint density at radius 3 is 2.67 bits per heavy atom. The minimum atomic E-state index is -0.0668. The number of halogens is 2. The molecule has 100 valence electrons. The molecule has 0 bridgehead atoms. The van der Waals surface area contributed by atoms with Gasteiger partial charge in [-0.1, -0.05) is 23.2 Å². The Labute approximate surface area is 117 Å². The summed E-state index contributed by atoms with van der Waals surface area (Å²) in [5.74, 6) is -0.0668. The molecule has 1 aromatic carbocycles. The number of hydrogen-bond acceptors (Lipinski definition) is 3. The summed E-state index contributed by atoms with van der Waals surface area (Å²) < 4.78 is 0. The number of benzene rings is 1. The minimum Gasteiger partial charge on any atom is -0.375 e. The van der Waals surface area contributed by atoms with E-state index in [4.69, 9.17) is 23.2 Å². The van der Waals surface area contributed by atoms with Gasteiger partial charge in [0.25, 0.3) is 0 Å². The largest absolute Gasteiger partial charge is 0.375 e. The average molecular weight is 290 g/mol. The van der Waals surface area contributed by atoms with Crippen molar-refractivity contribution in [3.63, 3.8) is 0 Å². The molecule has 0 spiro atoms. The van der Waals surface area contributed by atoms with Gasteiger partial charge in [-0.2, -0.15) is 0 Å². The predicted molar refractivity (Wildman–Crippen MR) is 76.5 cm³/mol. The highest BCUT2D eigenvalue weighted by molar-refractivity contribution is 6.36. The summed E-state index contributed by atoms with van der Waals surface area (Å²) in [5, 5.41) is 6.84. The molecular formula is C12H17Cl2N3O. The van der Waals surface area contributed by atoms with Crippen LogP contribution in [0.25, 0.3) is 0 Å². The Kier molecular flexibility index (Phi) is 6.25. The molecule has 18 heavy (non-hydrogen) atoms. The van der Waals surface area contributed by atoms with Gasteiger partial charge in [-0.3, -0.25) is 4.79 Å². The molecule has 0 saturated carbocycles. The molecule has 4 nitrogen and oxygen atoms in total. The monoisotopic (exact) mass is 289 g/mol. The van der Waals surface area contributed by atoms with Crippen molar-refractivity contribution in [1.82, 2.24) is 10.2 Å². The number of carbonyl (C=O) groups is 1. The number of likely N-dealkylation sites (N-methyl/N-ethyl adjacent to an activating group) is 1. The first kappa shape index (κ1) is 15.1. The Morgan fingerprint density at radius 2 is 2.06 bits per heavy atom. The lowest BCUT2D eigenvalue weighted by Gasteiger charge is -2.11. The van der Waals surface area contributed by atoms with Crippen LogP contribution in [0.5, 0.6) is 0 Å². The summed E-state index contributed by atoms with van der Waals surface area (Å²) >= 11 is 11.8. The maximum atomic E-state index is 11.5. The van der Waals surface area contributed by atoms with Crippen LogP contribution in [0.2, 0.25) is 10.0 Å². The third kappa shape index (κ3) is 5.58. The van der Waals surface area contributed by atoms with Crippen LogP contribution >= 0.6 is 23.2 Å². The van der Waals surface area contributed by atoms with Crippen LogP contribution in [0.1, 0.15) is 0 Å². The Hall–Kier alpha value is -0.970. The summed E-state index contributed by atoms with van der Waals surface area (Å²) in [7, 11) is 3.91. The van der Waals surface area contributed by atoms with Gasteiger partial charge in [0.2, 0.25) is 5.91 Å². The van der Waals surface area contributed by atoms with Crippen molar-refractivity contribution in [3.8, 4) is 0 Å². The van der Waals surface area contributed by atoms with E-state index in [0.29, 0.717) is 22.3 Å². The van der Waals surface area contributed by atoms with E-state index in [0.717, 1.165) is 6.54 Å². The molecule has 0 saturated heterocycles. The van der Waals surface area contributed by atoms with E-state index < -0.39 is 0 Å². The molecular weight excluding hydrogens is 273 g/mol. The number of amides is 1. The average Bonchev–Trinajstić information content (AvgIpc) is 2.27. The molecule has 0 aliphatic heterocycles. The minimum absolute atomic E-state index is 0.0668. The van der Waals surface area contributed by atoms with Crippen LogP contribution in [0.4, 0.5) is 5.69 Å². The number of hydrogen-bond donors (Lipinski definition) is 2. The van der Waals surface area contributed by atoms with E-state index in [-0.39, 0.29) is 12.5 Å². The molecule has 0 aliphatic rings. The van der Waals surface area contributed by atoms with Crippen LogP contribution in [0.15, 0.2) is 18.2 Å². The highest BCUT2D eigenvalue weighted by atomic mass is 35.5. The van der Waals surface area contributed by atoms with Gasteiger partial charge < -0.3 is 15.5 Å². The molecule has 0 atom stereocenters. The van der Waals surface area contributed by atoms with Crippen molar-refractivity contribution in [2.45, 2.75) is 0 Å².